The van der Waals surface area contributed by atoms with Crippen molar-refractivity contribution in [3.05, 3.63) is 29.8 Å². The fourth-order valence-electron chi connectivity index (χ4n) is 1.67. The maximum Gasteiger partial charge on any atom is 0.253 e. The predicted molar refractivity (Wildman–Crippen MR) is 58.8 cm³/mol. The molecule has 1 aliphatic rings. The molecule has 1 aromatic carbocycles. The van der Waals surface area contributed by atoms with Crippen LogP contribution in [0.5, 0.6) is 0 Å². The summed E-state index contributed by atoms with van der Waals surface area (Å²) >= 11 is 0. The van der Waals surface area contributed by atoms with Gasteiger partial charge in [0.1, 0.15) is 6.10 Å². The molecule has 1 aliphatic heterocycles. The summed E-state index contributed by atoms with van der Waals surface area (Å²) in [6, 6.07) is 8.87. The predicted octanol–water partition coefficient (Wildman–Crippen LogP) is 1.68. The van der Waals surface area contributed by atoms with Gasteiger partial charge < -0.3 is 10.1 Å². The van der Waals surface area contributed by atoms with E-state index in [4.69, 9.17) is 10.00 Å². The molecule has 1 heterocycles. The molecule has 1 amide bonds. The van der Waals surface area contributed by atoms with E-state index >= 15 is 0 Å². The van der Waals surface area contributed by atoms with Gasteiger partial charge in [0.15, 0.2) is 0 Å². The fraction of sp³-hybridized carbons (Fsp3) is 0.333. The number of hydrogen-bond acceptors (Lipinski definition) is 3. The lowest BCUT2D eigenvalue weighted by Crippen LogP contribution is -2.26. The number of hydrogen-bond donors (Lipinski definition) is 1. The molecule has 82 valence electrons. The zero-order valence-corrected chi connectivity index (χ0v) is 8.77. The number of carbonyl (C=O) groups excluding carboxylic acids is 1. The summed E-state index contributed by atoms with van der Waals surface area (Å²) in [4.78, 5) is 11.7. The van der Waals surface area contributed by atoms with Crippen LogP contribution in [0.2, 0.25) is 0 Å². The molecule has 0 aliphatic carbocycles. The number of nitrogens with one attached hydrogen (secondary N) is 1. The maximum absolute atomic E-state index is 11.7. The molecular formula is C12H12N2O2. The molecule has 1 saturated heterocycles. The highest BCUT2D eigenvalue weighted by molar-refractivity contribution is 5.94. The lowest BCUT2D eigenvalue weighted by atomic mass is 10.2. The second kappa shape index (κ2) is 4.77. The monoisotopic (exact) mass is 216 g/mol. The molecule has 16 heavy (non-hydrogen) atoms. The van der Waals surface area contributed by atoms with Crippen molar-refractivity contribution < 1.29 is 9.53 Å². The molecule has 1 atom stereocenters. The summed E-state index contributed by atoms with van der Waals surface area (Å²) in [7, 11) is 0. The Morgan fingerprint density at radius 3 is 3.12 bits per heavy atom. The highest BCUT2D eigenvalue weighted by Crippen LogP contribution is 2.15. The second-order valence-corrected chi connectivity index (χ2v) is 3.68. The Morgan fingerprint density at radius 1 is 1.56 bits per heavy atom. The summed E-state index contributed by atoms with van der Waals surface area (Å²) in [5.74, 6) is -0.132. The van der Waals surface area contributed by atoms with E-state index in [1.54, 1.807) is 24.3 Å². The van der Waals surface area contributed by atoms with Crippen molar-refractivity contribution in [1.82, 2.24) is 0 Å². The van der Waals surface area contributed by atoms with Crippen LogP contribution in [0, 0.1) is 11.3 Å². The van der Waals surface area contributed by atoms with Crippen molar-refractivity contribution in [3.63, 3.8) is 0 Å². The Morgan fingerprint density at radius 2 is 2.44 bits per heavy atom. The van der Waals surface area contributed by atoms with Gasteiger partial charge >= 0.3 is 0 Å². The molecule has 0 unspecified atom stereocenters. The van der Waals surface area contributed by atoms with Crippen molar-refractivity contribution in [1.29, 1.82) is 5.26 Å². The number of carbonyl (C=O) groups is 1. The highest BCUT2D eigenvalue weighted by atomic mass is 16.5. The van der Waals surface area contributed by atoms with Gasteiger partial charge in [0, 0.05) is 12.3 Å². The molecule has 0 aromatic heterocycles. The van der Waals surface area contributed by atoms with Crippen molar-refractivity contribution in [2.75, 3.05) is 11.9 Å². The number of amides is 1. The fourth-order valence-corrected chi connectivity index (χ4v) is 1.67. The molecule has 0 bridgehead atoms. The number of ether oxygens (including phenoxy) is 1. The SMILES string of the molecule is N#Cc1cccc(NC(=O)[C@H]2CCCO2)c1. The molecule has 0 spiro atoms. The van der Waals surface area contributed by atoms with E-state index in [-0.39, 0.29) is 12.0 Å². The largest absolute Gasteiger partial charge is 0.368 e. The molecule has 4 nitrogen and oxygen atoms in total. The van der Waals surface area contributed by atoms with Gasteiger partial charge in [-0.2, -0.15) is 5.26 Å². The van der Waals surface area contributed by atoms with Crippen molar-refractivity contribution in [3.8, 4) is 6.07 Å². The number of anilines is 1. The van der Waals surface area contributed by atoms with E-state index in [1.165, 1.54) is 0 Å². The van der Waals surface area contributed by atoms with Crippen LogP contribution in [0.1, 0.15) is 18.4 Å². The van der Waals surface area contributed by atoms with Gasteiger partial charge in [0.2, 0.25) is 0 Å². The van der Waals surface area contributed by atoms with Gasteiger partial charge in [-0.3, -0.25) is 4.79 Å². The standard InChI is InChI=1S/C12H12N2O2/c13-8-9-3-1-4-10(7-9)14-12(15)11-5-2-6-16-11/h1,3-4,7,11H,2,5-6H2,(H,14,15)/t11-/m1/s1. The lowest BCUT2D eigenvalue weighted by molar-refractivity contribution is -0.124. The van der Waals surface area contributed by atoms with Gasteiger partial charge in [-0.25, -0.2) is 0 Å². The Bertz CT molecular complexity index is 431. The zero-order valence-electron chi connectivity index (χ0n) is 8.77. The first-order chi connectivity index (χ1) is 7.79. The van der Waals surface area contributed by atoms with Crippen LogP contribution in [0.3, 0.4) is 0 Å². The molecule has 0 radical (unpaired) electrons. The smallest absolute Gasteiger partial charge is 0.253 e. The van der Waals surface area contributed by atoms with E-state index in [0.29, 0.717) is 17.9 Å². The van der Waals surface area contributed by atoms with Crippen molar-refractivity contribution >= 4 is 11.6 Å². The number of rotatable bonds is 2. The van der Waals surface area contributed by atoms with Crippen molar-refractivity contribution in [2.45, 2.75) is 18.9 Å². The molecule has 4 heteroatoms. The third-order valence-electron chi connectivity index (χ3n) is 2.48. The van der Waals surface area contributed by atoms with Gasteiger partial charge in [-0.1, -0.05) is 6.07 Å². The van der Waals surface area contributed by atoms with Gasteiger partial charge in [0.05, 0.1) is 11.6 Å². The Balaban J connectivity index is 2.03. The molecule has 1 aromatic rings. The third-order valence-corrected chi connectivity index (χ3v) is 2.48. The molecule has 0 saturated carbocycles. The summed E-state index contributed by atoms with van der Waals surface area (Å²) in [5, 5.41) is 11.5. The minimum atomic E-state index is -0.342. The minimum absolute atomic E-state index is 0.132. The summed E-state index contributed by atoms with van der Waals surface area (Å²) < 4.78 is 5.27. The topological polar surface area (TPSA) is 62.1 Å². The average Bonchev–Trinajstić information content (AvgIpc) is 2.83. The third kappa shape index (κ3) is 2.38. The van der Waals surface area contributed by atoms with Crippen LogP contribution in [-0.2, 0) is 9.53 Å². The van der Waals surface area contributed by atoms with E-state index < -0.39 is 0 Å². The first kappa shape index (κ1) is 10.7. The van der Waals surface area contributed by atoms with Gasteiger partial charge in [0.25, 0.3) is 5.91 Å². The second-order valence-electron chi connectivity index (χ2n) is 3.68. The van der Waals surface area contributed by atoms with Crippen molar-refractivity contribution in [2.24, 2.45) is 0 Å². The van der Waals surface area contributed by atoms with E-state index in [9.17, 15) is 4.79 Å². The van der Waals surface area contributed by atoms with Crippen LogP contribution in [0.25, 0.3) is 0 Å². The first-order valence-electron chi connectivity index (χ1n) is 5.22. The Kier molecular flexibility index (Phi) is 3.18. The average molecular weight is 216 g/mol. The van der Waals surface area contributed by atoms with Crippen LogP contribution in [0.4, 0.5) is 5.69 Å². The molecular weight excluding hydrogens is 204 g/mol. The zero-order chi connectivity index (χ0) is 11.4. The van der Waals surface area contributed by atoms with Crippen LogP contribution < -0.4 is 5.32 Å². The number of nitrogens with zero attached hydrogens (tertiary/aromatic N) is 1. The number of nitriles is 1. The highest BCUT2D eigenvalue weighted by Gasteiger charge is 2.23. The minimum Gasteiger partial charge on any atom is -0.368 e. The van der Waals surface area contributed by atoms with Crippen LogP contribution in [-0.4, -0.2) is 18.6 Å². The molecule has 1 fully saturated rings. The quantitative estimate of drug-likeness (QED) is 0.818. The molecule has 2 rings (SSSR count). The lowest BCUT2D eigenvalue weighted by Gasteiger charge is -2.10. The van der Waals surface area contributed by atoms with E-state index in [2.05, 4.69) is 5.32 Å². The van der Waals surface area contributed by atoms with Gasteiger partial charge in [-0.15, -0.1) is 0 Å². The Labute approximate surface area is 93.8 Å². The summed E-state index contributed by atoms with van der Waals surface area (Å²) in [6.07, 6.45) is 1.35. The van der Waals surface area contributed by atoms with Crippen LogP contribution >= 0.6 is 0 Å². The first-order valence-corrected chi connectivity index (χ1v) is 5.22. The normalized spacial score (nSPS) is 19.1. The van der Waals surface area contributed by atoms with Crippen LogP contribution in [0.15, 0.2) is 24.3 Å². The summed E-state index contributed by atoms with van der Waals surface area (Å²) in [6.45, 7) is 0.649. The molecule has 1 N–H and O–H groups in total. The number of benzene rings is 1. The van der Waals surface area contributed by atoms with E-state index in [1.807, 2.05) is 6.07 Å². The summed E-state index contributed by atoms with van der Waals surface area (Å²) in [5.41, 5.74) is 1.17. The maximum atomic E-state index is 11.7. The Hall–Kier alpha value is -1.86. The van der Waals surface area contributed by atoms with Gasteiger partial charge in [-0.05, 0) is 31.0 Å². The van der Waals surface area contributed by atoms with E-state index in [0.717, 1.165) is 12.8 Å².